The van der Waals surface area contributed by atoms with Crippen molar-refractivity contribution in [3.05, 3.63) is 35.4 Å². The van der Waals surface area contributed by atoms with Gasteiger partial charge in [0.05, 0.1) is 19.8 Å². The van der Waals surface area contributed by atoms with Crippen LogP contribution in [0.25, 0.3) is 0 Å². The molecule has 9 heteroatoms. The molecule has 0 aromatic heterocycles. The molecule has 2 N–H and O–H groups in total. The molecule has 0 aliphatic carbocycles. The van der Waals surface area contributed by atoms with Gasteiger partial charge in [-0.25, -0.2) is 0 Å². The van der Waals surface area contributed by atoms with E-state index in [0.717, 1.165) is 50.7 Å². The van der Waals surface area contributed by atoms with Crippen molar-refractivity contribution in [2.45, 2.75) is 13.3 Å². The van der Waals surface area contributed by atoms with Crippen molar-refractivity contribution in [2.24, 2.45) is 4.99 Å². The van der Waals surface area contributed by atoms with E-state index < -0.39 is 0 Å². The zero-order valence-electron chi connectivity index (χ0n) is 19.3. The average Bonchev–Trinajstić information content (AvgIpc) is 2.84. The quantitative estimate of drug-likeness (QED) is 0.456. The number of piperazine rings is 1. The number of nitrogens with one attached hydrogen (secondary N) is 2. The SMILES string of the molecule is CCNC(=NCCc1cccc(C(=O)NC)c1)N1CCN(CC(=O)N2CCOCC2)CC1. The first-order chi connectivity index (χ1) is 15.6. The molecule has 1 aromatic rings. The largest absolute Gasteiger partial charge is 0.378 e. The van der Waals surface area contributed by atoms with Crippen LogP contribution < -0.4 is 10.6 Å². The molecule has 0 atom stereocenters. The van der Waals surface area contributed by atoms with Crippen LogP contribution in [-0.2, 0) is 16.0 Å². The van der Waals surface area contributed by atoms with Gasteiger partial charge in [-0.1, -0.05) is 12.1 Å². The predicted octanol–water partition coefficient (Wildman–Crippen LogP) is 0.0306. The number of aliphatic imine (C=N–C) groups is 1. The van der Waals surface area contributed by atoms with Crippen LogP contribution in [0, 0.1) is 0 Å². The Bertz CT molecular complexity index is 786. The van der Waals surface area contributed by atoms with Gasteiger partial charge in [-0.2, -0.15) is 0 Å². The number of hydrogen-bond acceptors (Lipinski definition) is 5. The molecule has 2 saturated heterocycles. The molecule has 0 unspecified atom stereocenters. The van der Waals surface area contributed by atoms with Crippen molar-refractivity contribution >= 4 is 17.8 Å². The minimum absolute atomic E-state index is 0.0753. The Morgan fingerprint density at radius 1 is 1.06 bits per heavy atom. The molecule has 9 nitrogen and oxygen atoms in total. The third kappa shape index (κ3) is 6.93. The zero-order chi connectivity index (χ0) is 22.8. The Balaban J connectivity index is 1.48. The average molecular weight is 445 g/mol. The van der Waals surface area contributed by atoms with Gasteiger partial charge in [0.15, 0.2) is 5.96 Å². The van der Waals surface area contributed by atoms with Crippen LogP contribution in [0.5, 0.6) is 0 Å². The predicted molar refractivity (Wildman–Crippen MR) is 125 cm³/mol. The maximum atomic E-state index is 12.5. The van der Waals surface area contributed by atoms with Crippen LogP contribution in [-0.4, -0.2) is 112 Å². The molecule has 3 rings (SSSR count). The first-order valence-electron chi connectivity index (χ1n) is 11.5. The van der Waals surface area contributed by atoms with E-state index in [0.29, 0.717) is 45.0 Å². The van der Waals surface area contributed by atoms with E-state index in [1.807, 2.05) is 29.2 Å². The number of guanidine groups is 1. The van der Waals surface area contributed by atoms with Crippen molar-refractivity contribution in [3.8, 4) is 0 Å². The van der Waals surface area contributed by atoms with Gasteiger partial charge in [-0.3, -0.25) is 19.5 Å². The molecule has 0 radical (unpaired) electrons. The summed E-state index contributed by atoms with van der Waals surface area (Å²) in [5.74, 6) is 1.03. The lowest BCUT2D eigenvalue weighted by atomic mass is 10.1. The molecule has 2 heterocycles. The van der Waals surface area contributed by atoms with Gasteiger partial charge in [0, 0.05) is 65.0 Å². The van der Waals surface area contributed by atoms with Gasteiger partial charge >= 0.3 is 0 Å². The number of morpholine rings is 1. The lowest BCUT2D eigenvalue weighted by Gasteiger charge is -2.37. The van der Waals surface area contributed by atoms with Crippen molar-refractivity contribution in [2.75, 3.05) is 79.2 Å². The third-order valence-electron chi connectivity index (χ3n) is 5.81. The van der Waals surface area contributed by atoms with Gasteiger partial charge in [-0.15, -0.1) is 0 Å². The molecule has 0 bridgehead atoms. The van der Waals surface area contributed by atoms with Crippen LogP contribution in [0.4, 0.5) is 0 Å². The zero-order valence-corrected chi connectivity index (χ0v) is 19.3. The molecule has 2 aliphatic heterocycles. The second kappa shape index (κ2) is 12.4. The lowest BCUT2D eigenvalue weighted by molar-refractivity contribution is -0.136. The summed E-state index contributed by atoms with van der Waals surface area (Å²) in [7, 11) is 1.64. The van der Waals surface area contributed by atoms with Crippen molar-refractivity contribution in [1.29, 1.82) is 0 Å². The van der Waals surface area contributed by atoms with Gasteiger partial charge in [0.1, 0.15) is 0 Å². The number of amides is 2. The Morgan fingerprint density at radius 3 is 2.50 bits per heavy atom. The maximum absolute atomic E-state index is 12.5. The van der Waals surface area contributed by atoms with E-state index >= 15 is 0 Å². The third-order valence-corrected chi connectivity index (χ3v) is 5.81. The highest BCUT2D eigenvalue weighted by Gasteiger charge is 2.24. The number of carbonyl (C=O) groups is 2. The molecule has 176 valence electrons. The lowest BCUT2D eigenvalue weighted by Crippen LogP contribution is -2.55. The molecular formula is C23H36N6O3. The highest BCUT2D eigenvalue weighted by atomic mass is 16.5. The molecule has 2 amide bonds. The number of carbonyl (C=O) groups excluding carboxylic acids is 2. The van der Waals surface area contributed by atoms with Gasteiger partial charge < -0.3 is 25.2 Å². The van der Waals surface area contributed by atoms with Crippen molar-refractivity contribution in [3.63, 3.8) is 0 Å². The molecule has 0 saturated carbocycles. The number of rotatable bonds is 7. The summed E-state index contributed by atoms with van der Waals surface area (Å²) in [4.78, 5) is 35.5. The van der Waals surface area contributed by atoms with Gasteiger partial charge in [0.2, 0.25) is 5.91 Å². The first-order valence-corrected chi connectivity index (χ1v) is 11.5. The number of ether oxygens (including phenoxy) is 1. The minimum atomic E-state index is -0.0753. The van der Waals surface area contributed by atoms with Crippen molar-refractivity contribution < 1.29 is 14.3 Å². The van der Waals surface area contributed by atoms with E-state index in [2.05, 4.69) is 27.4 Å². The Labute approximate surface area is 190 Å². The molecule has 2 fully saturated rings. The normalized spacial score (nSPS) is 17.9. The minimum Gasteiger partial charge on any atom is -0.378 e. The second-order valence-corrected chi connectivity index (χ2v) is 8.02. The fourth-order valence-electron chi connectivity index (χ4n) is 3.95. The fourth-order valence-corrected chi connectivity index (χ4v) is 3.95. The van der Waals surface area contributed by atoms with Gasteiger partial charge in [0.25, 0.3) is 5.91 Å². The molecule has 2 aliphatic rings. The number of nitrogens with zero attached hydrogens (tertiary/aromatic N) is 4. The van der Waals surface area contributed by atoms with E-state index in [9.17, 15) is 9.59 Å². The summed E-state index contributed by atoms with van der Waals surface area (Å²) >= 11 is 0. The van der Waals surface area contributed by atoms with Crippen LogP contribution in [0.15, 0.2) is 29.3 Å². The monoisotopic (exact) mass is 444 g/mol. The fraction of sp³-hybridized carbons (Fsp3) is 0.609. The van der Waals surface area contributed by atoms with Gasteiger partial charge in [-0.05, 0) is 31.0 Å². The van der Waals surface area contributed by atoms with Crippen LogP contribution in [0.1, 0.15) is 22.8 Å². The summed E-state index contributed by atoms with van der Waals surface area (Å²) in [5, 5.41) is 6.05. The summed E-state index contributed by atoms with van der Waals surface area (Å²) in [6.07, 6.45) is 0.772. The highest BCUT2D eigenvalue weighted by Crippen LogP contribution is 2.08. The summed E-state index contributed by atoms with van der Waals surface area (Å²) < 4.78 is 5.33. The molecule has 0 spiro atoms. The van der Waals surface area contributed by atoms with E-state index in [-0.39, 0.29) is 11.8 Å². The van der Waals surface area contributed by atoms with Crippen LogP contribution in [0.3, 0.4) is 0 Å². The first kappa shape index (κ1) is 24.0. The Kier molecular flexibility index (Phi) is 9.30. The molecule has 32 heavy (non-hydrogen) atoms. The van der Waals surface area contributed by atoms with Crippen LogP contribution in [0.2, 0.25) is 0 Å². The topological polar surface area (TPSA) is 89.5 Å². The van der Waals surface area contributed by atoms with E-state index in [1.54, 1.807) is 7.05 Å². The van der Waals surface area contributed by atoms with Crippen molar-refractivity contribution in [1.82, 2.24) is 25.3 Å². The summed E-state index contributed by atoms with van der Waals surface area (Å²) in [5.41, 5.74) is 1.76. The number of hydrogen-bond donors (Lipinski definition) is 2. The Hall–Kier alpha value is -2.65. The van der Waals surface area contributed by atoms with Crippen LogP contribution >= 0.6 is 0 Å². The number of benzene rings is 1. The Morgan fingerprint density at radius 2 is 1.81 bits per heavy atom. The second-order valence-electron chi connectivity index (χ2n) is 8.02. The smallest absolute Gasteiger partial charge is 0.251 e. The van der Waals surface area contributed by atoms with E-state index in [1.165, 1.54) is 0 Å². The summed E-state index contributed by atoms with van der Waals surface area (Å²) in [6, 6.07) is 7.68. The standard InChI is InChI=1S/C23H36N6O3/c1-3-25-23(26-8-7-19-5-4-6-20(17-19)22(31)24-2)29-11-9-27(10-12-29)18-21(30)28-13-15-32-16-14-28/h4-6,17H,3,7-16,18H2,1-2H3,(H,24,31)(H,25,26). The van der Waals surface area contributed by atoms with E-state index in [4.69, 9.17) is 9.73 Å². The molecular weight excluding hydrogens is 408 g/mol. The molecule has 1 aromatic carbocycles. The maximum Gasteiger partial charge on any atom is 0.251 e. The highest BCUT2D eigenvalue weighted by molar-refractivity contribution is 5.94. The summed E-state index contributed by atoms with van der Waals surface area (Å²) in [6.45, 7) is 10.0.